The number of hydrogen-bond donors (Lipinski definition) is 1. The molecule has 2 rings (SSSR count). The highest BCUT2D eigenvalue weighted by Gasteiger charge is 2.27. The van der Waals surface area contributed by atoms with Crippen LogP contribution in [-0.2, 0) is 14.6 Å². The normalized spacial score (nSPS) is 22.2. The van der Waals surface area contributed by atoms with Crippen LogP contribution >= 0.6 is 0 Å². The van der Waals surface area contributed by atoms with E-state index >= 15 is 0 Å². The summed E-state index contributed by atoms with van der Waals surface area (Å²) in [4.78, 5) is 6.07. The molecular weight excluding hydrogens is 254 g/mol. The molecule has 18 heavy (non-hydrogen) atoms. The van der Waals surface area contributed by atoms with Crippen LogP contribution in [0.15, 0.2) is 4.99 Å². The van der Waals surface area contributed by atoms with Crippen molar-refractivity contribution in [3.05, 3.63) is 0 Å². The molecule has 0 bridgehead atoms. The molecule has 0 amide bonds. The molecule has 1 saturated heterocycles. The number of nitrogens with two attached hydrogens (primary N) is 1. The second-order valence-electron chi connectivity index (χ2n) is 4.90. The van der Waals surface area contributed by atoms with E-state index in [0.717, 1.165) is 25.9 Å². The minimum Gasteiger partial charge on any atom is -0.378 e. The Hall–Kier alpha value is -0.820. The van der Waals surface area contributed by atoms with Crippen LogP contribution in [0.1, 0.15) is 12.8 Å². The van der Waals surface area contributed by atoms with Crippen LogP contribution in [0.5, 0.6) is 0 Å². The summed E-state index contributed by atoms with van der Waals surface area (Å²) in [5.74, 6) is 1.25. The summed E-state index contributed by atoms with van der Waals surface area (Å²) in [5.41, 5.74) is 5.82. The van der Waals surface area contributed by atoms with E-state index in [2.05, 4.69) is 4.99 Å². The minimum absolute atomic E-state index is 0.106. The molecule has 0 aromatic carbocycles. The fourth-order valence-corrected chi connectivity index (χ4v) is 3.51. The molecule has 2 aliphatic rings. The zero-order valence-electron chi connectivity index (χ0n) is 10.5. The van der Waals surface area contributed by atoms with E-state index in [4.69, 9.17) is 10.5 Å². The van der Waals surface area contributed by atoms with Gasteiger partial charge >= 0.3 is 0 Å². The molecule has 6 nitrogen and oxygen atoms in total. The first-order valence-electron chi connectivity index (χ1n) is 6.40. The molecule has 1 aliphatic heterocycles. The third kappa shape index (κ3) is 4.45. The number of sulfone groups is 1. The SMILES string of the molecule is NC(=NCCS(=O)(=O)CC1CC1)N1CCOCC1. The van der Waals surface area contributed by atoms with Gasteiger partial charge in [0.05, 0.1) is 31.3 Å². The minimum atomic E-state index is -2.95. The Morgan fingerprint density at radius 2 is 2.00 bits per heavy atom. The zero-order chi connectivity index (χ0) is 13.0. The summed E-state index contributed by atoms with van der Waals surface area (Å²) in [7, 11) is -2.95. The Kier molecular flexibility index (Phi) is 4.45. The van der Waals surface area contributed by atoms with Crippen molar-refractivity contribution in [3.8, 4) is 0 Å². The second kappa shape index (κ2) is 5.88. The van der Waals surface area contributed by atoms with E-state index < -0.39 is 9.84 Å². The molecule has 0 radical (unpaired) electrons. The van der Waals surface area contributed by atoms with E-state index in [1.54, 1.807) is 0 Å². The lowest BCUT2D eigenvalue weighted by Crippen LogP contribution is -2.45. The molecule has 0 spiro atoms. The van der Waals surface area contributed by atoms with Crippen LogP contribution < -0.4 is 5.73 Å². The molecule has 0 aromatic rings. The maximum atomic E-state index is 11.7. The highest BCUT2D eigenvalue weighted by atomic mass is 32.2. The summed E-state index contributed by atoms with van der Waals surface area (Å²) < 4.78 is 28.6. The first-order chi connectivity index (χ1) is 8.57. The fourth-order valence-electron chi connectivity index (χ4n) is 1.92. The number of ether oxygens (including phenoxy) is 1. The van der Waals surface area contributed by atoms with Crippen molar-refractivity contribution in [2.75, 3.05) is 44.4 Å². The highest BCUT2D eigenvalue weighted by molar-refractivity contribution is 7.91. The molecule has 0 atom stereocenters. The first kappa shape index (κ1) is 13.6. The van der Waals surface area contributed by atoms with Gasteiger partial charge in [-0.25, -0.2) is 8.42 Å². The van der Waals surface area contributed by atoms with Gasteiger partial charge in [-0.05, 0) is 18.8 Å². The van der Waals surface area contributed by atoms with Gasteiger partial charge in [-0.3, -0.25) is 4.99 Å². The number of hydrogen-bond acceptors (Lipinski definition) is 4. The van der Waals surface area contributed by atoms with Crippen molar-refractivity contribution in [2.24, 2.45) is 16.6 Å². The lowest BCUT2D eigenvalue weighted by atomic mass is 10.4. The first-order valence-corrected chi connectivity index (χ1v) is 8.22. The maximum absolute atomic E-state index is 11.7. The molecule has 1 aliphatic carbocycles. The van der Waals surface area contributed by atoms with Gasteiger partial charge in [0.1, 0.15) is 0 Å². The Morgan fingerprint density at radius 3 is 2.61 bits per heavy atom. The summed E-state index contributed by atoms with van der Waals surface area (Å²) in [6, 6.07) is 0. The van der Waals surface area contributed by atoms with Crippen LogP contribution in [0.4, 0.5) is 0 Å². The number of nitrogens with zero attached hydrogens (tertiary/aromatic N) is 2. The third-order valence-electron chi connectivity index (χ3n) is 3.20. The van der Waals surface area contributed by atoms with Crippen molar-refractivity contribution < 1.29 is 13.2 Å². The van der Waals surface area contributed by atoms with Gasteiger partial charge in [-0.15, -0.1) is 0 Å². The third-order valence-corrected chi connectivity index (χ3v) is 4.98. The van der Waals surface area contributed by atoms with Gasteiger partial charge in [0, 0.05) is 13.1 Å². The predicted molar refractivity (Wildman–Crippen MR) is 70.3 cm³/mol. The number of guanidine groups is 1. The molecular formula is C11H21N3O3S. The van der Waals surface area contributed by atoms with E-state index in [1.807, 2.05) is 4.90 Å². The van der Waals surface area contributed by atoms with E-state index in [-0.39, 0.29) is 12.3 Å². The number of rotatable bonds is 5. The highest BCUT2D eigenvalue weighted by Crippen LogP contribution is 2.30. The van der Waals surface area contributed by atoms with Crippen molar-refractivity contribution in [3.63, 3.8) is 0 Å². The summed E-state index contributed by atoms with van der Waals surface area (Å²) in [6.07, 6.45) is 2.11. The van der Waals surface area contributed by atoms with Gasteiger partial charge in [0.15, 0.2) is 15.8 Å². The summed E-state index contributed by atoms with van der Waals surface area (Å²) in [5, 5.41) is 0. The molecule has 104 valence electrons. The summed E-state index contributed by atoms with van der Waals surface area (Å²) in [6.45, 7) is 3.01. The average molecular weight is 275 g/mol. The largest absolute Gasteiger partial charge is 0.378 e. The molecule has 2 fully saturated rings. The smallest absolute Gasteiger partial charge is 0.191 e. The second-order valence-corrected chi connectivity index (χ2v) is 7.13. The van der Waals surface area contributed by atoms with Crippen LogP contribution in [0.3, 0.4) is 0 Å². The van der Waals surface area contributed by atoms with Crippen LogP contribution in [0, 0.1) is 5.92 Å². The lowest BCUT2D eigenvalue weighted by molar-refractivity contribution is 0.0674. The Balaban J connectivity index is 1.75. The van der Waals surface area contributed by atoms with Gasteiger partial charge < -0.3 is 15.4 Å². The van der Waals surface area contributed by atoms with Crippen LogP contribution in [0.25, 0.3) is 0 Å². The molecule has 0 aromatic heterocycles. The zero-order valence-corrected chi connectivity index (χ0v) is 11.4. The molecule has 1 saturated carbocycles. The van der Waals surface area contributed by atoms with Crippen molar-refractivity contribution in [2.45, 2.75) is 12.8 Å². The monoisotopic (exact) mass is 275 g/mol. The molecule has 0 unspecified atom stereocenters. The number of morpholine rings is 1. The van der Waals surface area contributed by atoms with Gasteiger partial charge in [0.2, 0.25) is 0 Å². The maximum Gasteiger partial charge on any atom is 0.191 e. The van der Waals surface area contributed by atoms with Crippen molar-refractivity contribution in [1.82, 2.24) is 4.90 Å². The van der Waals surface area contributed by atoms with Crippen molar-refractivity contribution in [1.29, 1.82) is 0 Å². The Bertz CT molecular complexity index is 398. The predicted octanol–water partition coefficient (Wildman–Crippen LogP) is -0.542. The van der Waals surface area contributed by atoms with E-state index in [9.17, 15) is 8.42 Å². The quantitative estimate of drug-likeness (QED) is 0.538. The molecule has 7 heteroatoms. The lowest BCUT2D eigenvalue weighted by Gasteiger charge is -2.27. The van der Waals surface area contributed by atoms with Crippen LogP contribution in [0.2, 0.25) is 0 Å². The van der Waals surface area contributed by atoms with Gasteiger partial charge in [-0.1, -0.05) is 0 Å². The Labute approximate surface area is 108 Å². The standard InChI is InChI=1S/C11H21N3O3S/c12-11(14-4-6-17-7-5-14)13-3-8-18(15,16)9-10-1-2-10/h10H,1-9H2,(H2,12,13). The van der Waals surface area contributed by atoms with E-state index in [1.165, 1.54) is 0 Å². The van der Waals surface area contributed by atoms with Gasteiger partial charge in [-0.2, -0.15) is 0 Å². The number of aliphatic imine (C=N–C) groups is 1. The fraction of sp³-hybridized carbons (Fsp3) is 0.909. The molecule has 2 N–H and O–H groups in total. The molecule has 1 heterocycles. The van der Waals surface area contributed by atoms with Gasteiger partial charge in [0.25, 0.3) is 0 Å². The topological polar surface area (TPSA) is 85.0 Å². The van der Waals surface area contributed by atoms with Crippen molar-refractivity contribution >= 4 is 15.8 Å². The Morgan fingerprint density at radius 1 is 1.33 bits per heavy atom. The van der Waals surface area contributed by atoms with Crippen LogP contribution in [-0.4, -0.2) is 63.6 Å². The average Bonchev–Trinajstić information content (AvgIpc) is 3.13. The van der Waals surface area contributed by atoms with E-state index in [0.29, 0.717) is 30.8 Å². The summed E-state index contributed by atoms with van der Waals surface area (Å²) >= 11 is 0.